The first-order chi connectivity index (χ1) is 18.3. The minimum atomic E-state index is -1.54. The van der Waals surface area contributed by atoms with Gasteiger partial charge in [-0.05, 0) is 31.7 Å². The van der Waals surface area contributed by atoms with E-state index < -0.39 is 59.9 Å². The van der Waals surface area contributed by atoms with E-state index in [9.17, 15) is 34.2 Å². The van der Waals surface area contributed by atoms with E-state index in [2.05, 4.69) is 20.9 Å². The minimum Gasteiger partial charge on any atom is -0.481 e. The highest BCUT2D eigenvalue weighted by Gasteiger charge is 2.32. The van der Waals surface area contributed by atoms with Crippen molar-refractivity contribution in [1.82, 2.24) is 16.0 Å². The fraction of sp³-hybridized carbons (Fsp3) is 0.500. The molecule has 0 spiro atoms. The van der Waals surface area contributed by atoms with Crippen LogP contribution in [0.4, 0.5) is 0 Å². The van der Waals surface area contributed by atoms with Crippen LogP contribution in [0.15, 0.2) is 35.3 Å². The molecule has 1 rings (SSSR count). The zero-order valence-corrected chi connectivity index (χ0v) is 21.6. The lowest BCUT2D eigenvalue weighted by atomic mass is 10.0. The van der Waals surface area contributed by atoms with Crippen molar-refractivity contribution in [3.05, 3.63) is 35.9 Å². The zero-order valence-electron chi connectivity index (χ0n) is 21.6. The number of rotatable bonds is 17. The number of aliphatic imine (C=N–C) groups is 1. The second-order valence-corrected chi connectivity index (χ2v) is 8.86. The monoisotopic (exact) mass is 551 g/mol. The van der Waals surface area contributed by atoms with E-state index in [1.807, 2.05) is 0 Å². The van der Waals surface area contributed by atoms with E-state index in [0.29, 0.717) is 5.56 Å². The van der Waals surface area contributed by atoms with Gasteiger partial charge in [-0.1, -0.05) is 30.3 Å². The van der Waals surface area contributed by atoms with Gasteiger partial charge in [-0.25, -0.2) is 4.79 Å². The van der Waals surface area contributed by atoms with Crippen molar-refractivity contribution in [3.63, 3.8) is 0 Å². The highest BCUT2D eigenvalue weighted by molar-refractivity contribution is 5.94. The van der Waals surface area contributed by atoms with Crippen LogP contribution in [0.5, 0.6) is 0 Å². The number of aliphatic hydroxyl groups excluding tert-OH is 1. The molecular weight excluding hydrogens is 514 g/mol. The Hall–Kier alpha value is -4.24. The summed E-state index contributed by atoms with van der Waals surface area (Å²) in [5.41, 5.74) is 16.9. The third kappa shape index (κ3) is 12.7. The Morgan fingerprint density at radius 1 is 0.897 bits per heavy atom. The molecule has 15 nitrogen and oxygen atoms in total. The highest BCUT2D eigenvalue weighted by Crippen LogP contribution is 2.07. The average Bonchev–Trinajstić information content (AvgIpc) is 2.86. The normalized spacial score (nSPS) is 14.5. The first-order valence-electron chi connectivity index (χ1n) is 12.2. The van der Waals surface area contributed by atoms with E-state index in [1.54, 1.807) is 30.3 Å². The second-order valence-electron chi connectivity index (χ2n) is 8.86. The van der Waals surface area contributed by atoms with Gasteiger partial charge in [-0.2, -0.15) is 0 Å². The van der Waals surface area contributed by atoms with Crippen molar-refractivity contribution >= 4 is 35.6 Å². The SMILES string of the molecule is CC(O)C(NC(=O)C(N)CCC(=O)O)C(=O)NC(CCCN=C(N)N)C(=O)NC(Cc1ccccc1)C(=O)O. The van der Waals surface area contributed by atoms with Gasteiger partial charge in [-0.3, -0.25) is 24.2 Å². The molecular formula is C24H37N7O8. The van der Waals surface area contributed by atoms with E-state index in [0.717, 1.165) is 0 Å². The van der Waals surface area contributed by atoms with Gasteiger partial charge in [-0.15, -0.1) is 0 Å². The Labute approximate surface area is 225 Å². The van der Waals surface area contributed by atoms with Gasteiger partial charge in [0, 0.05) is 19.4 Å². The quantitative estimate of drug-likeness (QED) is 0.0549. The molecule has 0 aliphatic heterocycles. The van der Waals surface area contributed by atoms with Crippen LogP contribution in [0.2, 0.25) is 0 Å². The number of amides is 3. The van der Waals surface area contributed by atoms with Crippen LogP contribution in [0.25, 0.3) is 0 Å². The van der Waals surface area contributed by atoms with Crippen molar-refractivity contribution in [3.8, 4) is 0 Å². The van der Waals surface area contributed by atoms with Crippen LogP contribution in [0, 0.1) is 0 Å². The zero-order chi connectivity index (χ0) is 29.5. The third-order valence-electron chi connectivity index (χ3n) is 5.54. The smallest absolute Gasteiger partial charge is 0.326 e. The largest absolute Gasteiger partial charge is 0.481 e. The molecule has 0 fully saturated rings. The summed E-state index contributed by atoms with van der Waals surface area (Å²) >= 11 is 0. The molecule has 0 radical (unpaired) electrons. The summed E-state index contributed by atoms with van der Waals surface area (Å²) in [6, 6.07) is 3.23. The van der Waals surface area contributed by atoms with Gasteiger partial charge in [0.05, 0.1) is 12.1 Å². The highest BCUT2D eigenvalue weighted by atomic mass is 16.4. The molecule has 0 saturated heterocycles. The third-order valence-corrected chi connectivity index (χ3v) is 5.54. The molecule has 0 bridgehead atoms. The van der Waals surface area contributed by atoms with Gasteiger partial charge in [0.25, 0.3) is 0 Å². The molecule has 1 aromatic rings. The molecule has 12 N–H and O–H groups in total. The summed E-state index contributed by atoms with van der Waals surface area (Å²) in [6.07, 6.45) is -1.81. The lowest BCUT2D eigenvalue weighted by Crippen LogP contribution is -2.59. The average molecular weight is 552 g/mol. The van der Waals surface area contributed by atoms with Crippen molar-refractivity contribution in [2.75, 3.05) is 6.54 Å². The molecule has 0 aliphatic carbocycles. The summed E-state index contributed by atoms with van der Waals surface area (Å²) in [4.78, 5) is 64.8. The van der Waals surface area contributed by atoms with Gasteiger partial charge in [0.15, 0.2) is 5.96 Å². The second kappa shape index (κ2) is 16.6. The number of carbonyl (C=O) groups excluding carboxylic acids is 3. The van der Waals surface area contributed by atoms with Gasteiger partial charge in [0.2, 0.25) is 17.7 Å². The summed E-state index contributed by atoms with van der Waals surface area (Å²) in [7, 11) is 0. The number of benzene rings is 1. The van der Waals surface area contributed by atoms with E-state index in [4.69, 9.17) is 22.3 Å². The van der Waals surface area contributed by atoms with Gasteiger partial charge < -0.3 is 48.5 Å². The number of aliphatic carboxylic acids is 2. The predicted octanol–water partition coefficient (Wildman–Crippen LogP) is -2.61. The molecule has 0 saturated carbocycles. The fourth-order valence-corrected chi connectivity index (χ4v) is 3.43. The van der Waals surface area contributed by atoms with Crippen LogP contribution in [-0.2, 0) is 30.4 Å². The first-order valence-corrected chi connectivity index (χ1v) is 12.2. The molecule has 5 atom stereocenters. The molecule has 0 heterocycles. The number of carboxylic acids is 2. The van der Waals surface area contributed by atoms with E-state index >= 15 is 0 Å². The minimum absolute atomic E-state index is 0.00929. The van der Waals surface area contributed by atoms with Crippen molar-refractivity contribution in [2.45, 2.75) is 69.3 Å². The van der Waals surface area contributed by atoms with E-state index in [-0.39, 0.29) is 44.6 Å². The maximum Gasteiger partial charge on any atom is 0.326 e. The summed E-state index contributed by atoms with van der Waals surface area (Å²) < 4.78 is 0. The Morgan fingerprint density at radius 3 is 2.05 bits per heavy atom. The maximum atomic E-state index is 13.1. The maximum absolute atomic E-state index is 13.1. The topological polar surface area (TPSA) is 273 Å². The number of nitrogens with two attached hydrogens (primary N) is 3. The number of hydrogen-bond acceptors (Lipinski definition) is 8. The molecule has 216 valence electrons. The fourth-order valence-electron chi connectivity index (χ4n) is 3.43. The molecule has 0 aliphatic rings. The van der Waals surface area contributed by atoms with Crippen LogP contribution in [0.1, 0.15) is 38.2 Å². The molecule has 15 heteroatoms. The number of hydrogen-bond donors (Lipinski definition) is 9. The number of carboxylic acid groups (broad SMARTS) is 2. The number of carbonyl (C=O) groups is 5. The van der Waals surface area contributed by atoms with Crippen molar-refractivity contribution in [2.24, 2.45) is 22.2 Å². The summed E-state index contributed by atoms with van der Waals surface area (Å²) in [5, 5.41) is 35.6. The number of nitrogens with one attached hydrogen (secondary N) is 3. The first kappa shape index (κ1) is 32.8. The lowest BCUT2D eigenvalue weighted by molar-refractivity contribution is -0.142. The van der Waals surface area contributed by atoms with E-state index in [1.165, 1.54) is 6.92 Å². The van der Waals surface area contributed by atoms with Crippen LogP contribution < -0.4 is 33.2 Å². The summed E-state index contributed by atoms with van der Waals surface area (Å²) in [6.45, 7) is 1.34. The van der Waals surface area contributed by atoms with Gasteiger partial charge in [0.1, 0.15) is 18.1 Å². The summed E-state index contributed by atoms with van der Waals surface area (Å²) in [5.74, 6) is -5.26. The number of aliphatic hydroxyl groups is 1. The van der Waals surface area contributed by atoms with Crippen LogP contribution in [0.3, 0.4) is 0 Å². The molecule has 0 aromatic heterocycles. The molecule has 39 heavy (non-hydrogen) atoms. The Balaban J connectivity index is 3.02. The molecule has 1 aromatic carbocycles. The lowest BCUT2D eigenvalue weighted by Gasteiger charge is -2.26. The number of nitrogens with zero attached hydrogens (tertiary/aromatic N) is 1. The van der Waals surface area contributed by atoms with Crippen molar-refractivity contribution in [1.29, 1.82) is 0 Å². The molecule has 3 amide bonds. The van der Waals surface area contributed by atoms with Crippen LogP contribution >= 0.6 is 0 Å². The molecule has 5 unspecified atom stereocenters. The number of guanidine groups is 1. The van der Waals surface area contributed by atoms with Crippen molar-refractivity contribution < 1.29 is 39.3 Å². The predicted molar refractivity (Wildman–Crippen MR) is 140 cm³/mol. The standard InChI is InChI=1S/C24H37N7O8/c1-13(32)19(31-20(35)15(25)9-10-18(33)34)22(37)29-16(8-5-11-28-24(26)27)21(36)30-17(23(38)39)12-14-6-3-2-4-7-14/h2-4,6-7,13,15-17,19,32H,5,8-12,25H2,1H3,(H,29,37)(H,30,36)(H,31,35)(H,33,34)(H,38,39)(H4,26,27,28). The Kier molecular flexibility index (Phi) is 13.9. The Morgan fingerprint density at radius 2 is 1.51 bits per heavy atom. The Bertz CT molecular complexity index is 1010. The van der Waals surface area contributed by atoms with Crippen LogP contribution in [-0.4, -0.2) is 87.8 Å². The van der Waals surface area contributed by atoms with Gasteiger partial charge >= 0.3 is 11.9 Å².